The van der Waals surface area contributed by atoms with Gasteiger partial charge in [-0.15, -0.1) is 11.3 Å². The van der Waals surface area contributed by atoms with E-state index in [9.17, 15) is 18.0 Å². The maximum Gasteiger partial charge on any atom is 0.260 e. The zero-order valence-electron chi connectivity index (χ0n) is 19.6. The highest BCUT2D eigenvalue weighted by molar-refractivity contribution is 7.99. The average molecular weight is 512 g/mol. The number of aromatic amines is 1. The van der Waals surface area contributed by atoms with Crippen molar-refractivity contribution in [2.24, 2.45) is 5.92 Å². The number of H-pyrrole nitrogens is 1. The number of nitrogens with one attached hydrogen (secondary N) is 1. The number of thiophene rings is 1. The quantitative estimate of drug-likeness (QED) is 0.426. The Labute approximate surface area is 203 Å². The summed E-state index contributed by atoms with van der Waals surface area (Å²) in [5.41, 5.74) is 0.938. The number of aryl methyl sites for hydroxylation is 1. The van der Waals surface area contributed by atoms with Crippen molar-refractivity contribution in [3.63, 3.8) is 0 Å². The summed E-state index contributed by atoms with van der Waals surface area (Å²) in [5, 5.41) is 1.12. The number of aromatic nitrogens is 2. The van der Waals surface area contributed by atoms with Crippen molar-refractivity contribution in [3.05, 3.63) is 20.8 Å². The van der Waals surface area contributed by atoms with Crippen molar-refractivity contribution in [3.8, 4) is 0 Å². The number of thioether (sulfide) groups is 1. The molecule has 2 aromatic rings. The highest BCUT2D eigenvalue weighted by atomic mass is 32.2. The highest BCUT2D eigenvalue weighted by Crippen LogP contribution is 2.32. The zero-order valence-corrected chi connectivity index (χ0v) is 22.0. The molecule has 33 heavy (non-hydrogen) atoms. The minimum atomic E-state index is -3.07. The van der Waals surface area contributed by atoms with E-state index in [4.69, 9.17) is 0 Å². The molecule has 4 rings (SSSR count). The van der Waals surface area contributed by atoms with E-state index in [2.05, 4.69) is 23.8 Å². The van der Waals surface area contributed by atoms with E-state index in [1.54, 1.807) is 0 Å². The fraction of sp³-hybridized carbons (Fsp3) is 0.696. The second-order valence-electron chi connectivity index (χ2n) is 9.49. The lowest BCUT2D eigenvalue weighted by molar-refractivity contribution is -0.132. The van der Waals surface area contributed by atoms with Crippen LogP contribution in [0.1, 0.15) is 62.8 Å². The Hall–Kier alpha value is -1.39. The summed E-state index contributed by atoms with van der Waals surface area (Å²) in [6.45, 7) is 6.37. The third kappa shape index (κ3) is 5.48. The van der Waals surface area contributed by atoms with Crippen LogP contribution in [0.4, 0.5) is 0 Å². The number of sulfone groups is 1. The summed E-state index contributed by atoms with van der Waals surface area (Å²) in [6.07, 6.45) is 6.44. The van der Waals surface area contributed by atoms with Crippen molar-refractivity contribution < 1.29 is 13.2 Å². The average Bonchev–Trinajstić information content (AvgIpc) is 3.47. The van der Waals surface area contributed by atoms with Crippen LogP contribution in [0, 0.1) is 12.8 Å². The number of nitrogens with zero attached hydrogens (tertiary/aromatic N) is 2. The van der Waals surface area contributed by atoms with Crippen LogP contribution in [0.5, 0.6) is 0 Å². The Bertz CT molecular complexity index is 1180. The first-order chi connectivity index (χ1) is 15.7. The van der Waals surface area contributed by atoms with Crippen LogP contribution in [0.2, 0.25) is 0 Å². The number of rotatable bonds is 8. The zero-order chi connectivity index (χ0) is 23.8. The normalized spacial score (nSPS) is 21.6. The fourth-order valence-electron chi connectivity index (χ4n) is 5.05. The van der Waals surface area contributed by atoms with E-state index < -0.39 is 9.84 Å². The van der Waals surface area contributed by atoms with Crippen LogP contribution in [0.25, 0.3) is 10.2 Å². The van der Waals surface area contributed by atoms with Gasteiger partial charge in [-0.25, -0.2) is 13.4 Å². The molecule has 1 aliphatic carbocycles. The van der Waals surface area contributed by atoms with E-state index >= 15 is 0 Å². The van der Waals surface area contributed by atoms with Gasteiger partial charge in [0.25, 0.3) is 5.56 Å². The van der Waals surface area contributed by atoms with Crippen LogP contribution in [0.15, 0.2) is 9.95 Å². The molecule has 1 N–H and O–H groups in total. The largest absolute Gasteiger partial charge is 0.335 e. The third-order valence-electron chi connectivity index (χ3n) is 7.03. The van der Waals surface area contributed by atoms with Gasteiger partial charge in [-0.2, -0.15) is 0 Å². The van der Waals surface area contributed by atoms with Gasteiger partial charge in [0.2, 0.25) is 5.91 Å². The molecule has 0 bridgehead atoms. The lowest BCUT2D eigenvalue weighted by atomic mass is 9.98. The molecule has 1 amide bonds. The molecule has 2 fully saturated rings. The van der Waals surface area contributed by atoms with Crippen LogP contribution in [-0.2, 0) is 21.1 Å². The molecule has 10 heteroatoms. The smallest absolute Gasteiger partial charge is 0.260 e. The number of hydrogen-bond acceptors (Lipinski definition) is 7. The molecule has 1 saturated carbocycles. The summed E-state index contributed by atoms with van der Waals surface area (Å²) in [6, 6.07) is -0.113. The maximum atomic E-state index is 13.3. The van der Waals surface area contributed by atoms with Crippen LogP contribution in [-0.4, -0.2) is 58.5 Å². The number of amides is 1. The first kappa shape index (κ1) is 24.7. The predicted octanol–water partition coefficient (Wildman–Crippen LogP) is 3.93. The standard InChI is InChI=1S/C23H33N3O4S3/c1-4-14(2)11-18-15(3)32-22-20(18)21(28)24-23(25-22)31-12-19(27)26(16-7-5-6-8-16)17-9-10-33(29,30)13-17/h14,16-17H,4-13H2,1-3H3,(H,24,25,28)/t14-,17+/m1/s1. The molecule has 2 aromatic heterocycles. The van der Waals surface area contributed by atoms with Crippen molar-refractivity contribution >= 4 is 49.1 Å². The Morgan fingerprint density at radius 1 is 1.27 bits per heavy atom. The first-order valence-electron chi connectivity index (χ1n) is 11.8. The summed E-state index contributed by atoms with van der Waals surface area (Å²) in [7, 11) is -3.07. The molecule has 0 unspecified atom stereocenters. The molecule has 0 radical (unpaired) electrons. The minimum absolute atomic E-state index is 0.0587. The monoisotopic (exact) mass is 511 g/mol. The predicted molar refractivity (Wildman–Crippen MR) is 135 cm³/mol. The van der Waals surface area contributed by atoms with Crippen molar-refractivity contribution in [1.29, 1.82) is 0 Å². The summed E-state index contributed by atoms with van der Waals surface area (Å²) >= 11 is 2.77. The Morgan fingerprint density at radius 2 is 2.00 bits per heavy atom. The van der Waals surface area contributed by atoms with Gasteiger partial charge < -0.3 is 9.88 Å². The van der Waals surface area contributed by atoms with Crippen LogP contribution < -0.4 is 5.56 Å². The topological polar surface area (TPSA) is 100 Å². The van der Waals surface area contributed by atoms with Gasteiger partial charge in [-0.1, -0.05) is 44.9 Å². The molecule has 1 aliphatic heterocycles. The van der Waals surface area contributed by atoms with E-state index in [0.29, 0.717) is 22.9 Å². The molecular weight excluding hydrogens is 478 g/mol. The molecular formula is C23H33N3O4S3. The summed E-state index contributed by atoms with van der Waals surface area (Å²) < 4.78 is 24.1. The van der Waals surface area contributed by atoms with Gasteiger partial charge in [0.1, 0.15) is 4.83 Å². The lowest BCUT2D eigenvalue weighted by Gasteiger charge is -2.34. The lowest BCUT2D eigenvalue weighted by Crippen LogP contribution is -2.47. The Balaban J connectivity index is 1.52. The Morgan fingerprint density at radius 3 is 2.64 bits per heavy atom. The van der Waals surface area contributed by atoms with E-state index in [1.807, 2.05) is 11.8 Å². The molecule has 1 saturated heterocycles. The molecule has 3 heterocycles. The minimum Gasteiger partial charge on any atom is -0.335 e. The second kappa shape index (κ2) is 10.1. The molecule has 2 aliphatic rings. The molecule has 2 atom stereocenters. The molecule has 0 aromatic carbocycles. The number of carbonyl (C=O) groups excluding carboxylic acids is 1. The number of hydrogen-bond donors (Lipinski definition) is 1. The van der Waals surface area contributed by atoms with Crippen molar-refractivity contribution in [1.82, 2.24) is 14.9 Å². The summed E-state index contributed by atoms with van der Waals surface area (Å²) in [5.74, 6) is 0.800. The number of carbonyl (C=O) groups is 1. The molecule has 7 nitrogen and oxygen atoms in total. The van der Waals surface area contributed by atoms with Gasteiger partial charge in [-0.3, -0.25) is 9.59 Å². The van der Waals surface area contributed by atoms with Gasteiger partial charge >= 0.3 is 0 Å². The first-order valence-corrected chi connectivity index (χ1v) is 15.5. The van der Waals surface area contributed by atoms with Crippen molar-refractivity contribution in [2.45, 2.75) is 83.0 Å². The van der Waals surface area contributed by atoms with Gasteiger partial charge in [0.05, 0.1) is 22.6 Å². The molecule has 0 spiro atoms. The van der Waals surface area contributed by atoms with E-state index in [0.717, 1.165) is 53.8 Å². The summed E-state index contributed by atoms with van der Waals surface area (Å²) in [4.78, 5) is 37.4. The van der Waals surface area contributed by atoms with Crippen LogP contribution in [0.3, 0.4) is 0 Å². The van der Waals surface area contributed by atoms with Gasteiger partial charge in [-0.05, 0) is 44.1 Å². The van der Waals surface area contributed by atoms with E-state index in [1.165, 1.54) is 23.1 Å². The second-order valence-corrected chi connectivity index (χ2v) is 13.9. The maximum absolute atomic E-state index is 13.3. The van der Waals surface area contributed by atoms with E-state index in [-0.39, 0.29) is 40.8 Å². The number of fused-ring (bicyclic) bond motifs is 1. The SMILES string of the molecule is CC[C@@H](C)Cc1c(C)sc2nc(SCC(=O)N(C3CCCC3)[C@H]3CCS(=O)(=O)C3)[nH]c(=O)c12. The van der Waals surface area contributed by atoms with Crippen molar-refractivity contribution in [2.75, 3.05) is 17.3 Å². The fourth-order valence-corrected chi connectivity index (χ4v) is 8.60. The molecule has 182 valence electrons. The van der Waals surface area contributed by atoms with Gasteiger partial charge in [0, 0.05) is 17.0 Å². The Kier molecular flexibility index (Phi) is 7.55. The van der Waals surface area contributed by atoms with Crippen LogP contribution >= 0.6 is 23.1 Å². The highest BCUT2D eigenvalue weighted by Gasteiger charge is 2.38. The van der Waals surface area contributed by atoms with Gasteiger partial charge in [0.15, 0.2) is 15.0 Å². The third-order valence-corrected chi connectivity index (χ3v) is 10.7.